The van der Waals surface area contributed by atoms with Crippen molar-refractivity contribution in [1.29, 1.82) is 0 Å². The molecule has 0 spiro atoms. The molecule has 0 aliphatic carbocycles. The number of rotatable bonds is 3. The Bertz CT molecular complexity index is 305. The number of aromatic nitrogens is 1. The third-order valence-electron chi connectivity index (χ3n) is 1.84. The van der Waals surface area contributed by atoms with E-state index in [1.165, 1.54) is 7.11 Å². The highest BCUT2D eigenvalue weighted by molar-refractivity contribution is 5.87. The number of hydrogen-bond donors (Lipinski definition) is 1. The van der Waals surface area contributed by atoms with Crippen LogP contribution in [0.5, 0.6) is 0 Å². The van der Waals surface area contributed by atoms with Crippen molar-refractivity contribution in [2.24, 2.45) is 7.05 Å². The standard InChI is InChI=1S/C9H14N2O2/c1-10-5-7-4-8(9(12)13-3)11(2)6-7/h4,6,10H,5H2,1-3H3. The third kappa shape index (κ3) is 2.09. The maximum Gasteiger partial charge on any atom is 0.354 e. The van der Waals surface area contributed by atoms with Crippen molar-refractivity contribution in [3.8, 4) is 0 Å². The summed E-state index contributed by atoms with van der Waals surface area (Å²) in [6.45, 7) is 0.755. The number of nitrogens with zero attached hydrogens (tertiary/aromatic N) is 1. The van der Waals surface area contributed by atoms with Gasteiger partial charge >= 0.3 is 5.97 Å². The van der Waals surface area contributed by atoms with Gasteiger partial charge in [0.05, 0.1) is 7.11 Å². The second kappa shape index (κ2) is 4.09. The van der Waals surface area contributed by atoms with Crippen LogP contribution in [0.2, 0.25) is 0 Å². The predicted octanol–water partition coefficient (Wildman–Crippen LogP) is 0.531. The summed E-state index contributed by atoms with van der Waals surface area (Å²) in [6.07, 6.45) is 1.91. The first-order chi connectivity index (χ1) is 6.19. The molecule has 0 saturated carbocycles. The lowest BCUT2D eigenvalue weighted by Gasteiger charge is -1.98. The smallest absolute Gasteiger partial charge is 0.354 e. The molecular weight excluding hydrogens is 168 g/mol. The van der Waals surface area contributed by atoms with Crippen LogP contribution in [0.25, 0.3) is 0 Å². The summed E-state index contributed by atoms with van der Waals surface area (Å²) >= 11 is 0. The molecule has 0 atom stereocenters. The highest BCUT2D eigenvalue weighted by Gasteiger charge is 2.10. The molecule has 1 rings (SSSR count). The number of hydrogen-bond acceptors (Lipinski definition) is 3. The average Bonchev–Trinajstić information content (AvgIpc) is 2.46. The highest BCUT2D eigenvalue weighted by Crippen LogP contribution is 2.07. The van der Waals surface area contributed by atoms with E-state index in [2.05, 4.69) is 10.1 Å². The van der Waals surface area contributed by atoms with E-state index in [0.29, 0.717) is 5.69 Å². The first-order valence-corrected chi connectivity index (χ1v) is 4.07. The van der Waals surface area contributed by atoms with Gasteiger partial charge in [-0.2, -0.15) is 0 Å². The van der Waals surface area contributed by atoms with E-state index in [4.69, 9.17) is 0 Å². The van der Waals surface area contributed by atoms with E-state index in [1.807, 2.05) is 26.4 Å². The topological polar surface area (TPSA) is 43.3 Å². The Hall–Kier alpha value is -1.29. The average molecular weight is 182 g/mol. The van der Waals surface area contributed by atoms with E-state index in [-0.39, 0.29) is 5.97 Å². The summed E-state index contributed by atoms with van der Waals surface area (Å²) in [6, 6.07) is 1.82. The van der Waals surface area contributed by atoms with Crippen molar-refractivity contribution in [1.82, 2.24) is 9.88 Å². The quantitative estimate of drug-likeness (QED) is 0.693. The van der Waals surface area contributed by atoms with Crippen LogP contribution in [-0.4, -0.2) is 24.7 Å². The second-order valence-corrected chi connectivity index (χ2v) is 2.87. The van der Waals surface area contributed by atoms with Gasteiger partial charge in [-0.05, 0) is 18.7 Å². The van der Waals surface area contributed by atoms with Crippen molar-refractivity contribution in [3.63, 3.8) is 0 Å². The van der Waals surface area contributed by atoms with Crippen LogP contribution < -0.4 is 5.32 Å². The minimum absolute atomic E-state index is 0.301. The molecule has 0 bridgehead atoms. The van der Waals surface area contributed by atoms with Gasteiger partial charge in [-0.3, -0.25) is 0 Å². The Morgan fingerprint density at radius 1 is 1.69 bits per heavy atom. The minimum atomic E-state index is -0.301. The molecular formula is C9H14N2O2. The van der Waals surface area contributed by atoms with E-state index in [9.17, 15) is 4.79 Å². The lowest BCUT2D eigenvalue weighted by molar-refractivity contribution is 0.0590. The fourth-order valence-electron chi connectivity index (χ4n) is 1.24. The highest BCUT2D eigenvalue weighted by atomic mass is 16.5. The predicted molar refractivity (Wildman–Crippen MR) is 49.5 cm³/mol. The van der Waals surface area contributed by atoms with Crippen molar-refractivity contribution < 1.29 is 9.53 Å². The molecule has 1 heterocycles. The van der Waals surface area contributed by atoms with E-state index in [0.717, 1.165) is 12.1 Å². The van der Waals surface area contributed by atoms with Gasteiger partial charge in [-0.25, -0.2) is 4.79 Å². The fourth-order valence-corrected chi connectivity index (χ4v) is 1.24. The molecule has 0 aromatic carbocycles. The van der Waals surface area contributed by atoms with Gasteiger partial charge in [-0.1, -0.05) is 0 Å². The first-order valence-electron chi connectivity index (χ1n) is 4.07. The third-order valence-corrected chi connectivity index (χ3v) is 1.84. The maximum atomic E-state index is 11.2. The largest absolute Gasteiger partial charge is 0.464 e. The molecule has 1 N–H and O–H groups in total. The molecule has 13 heavy (non-hydrogen) atoms. The van der Waals surface area contributed by atoms with Crippen LogP contribution in [0.3, 0.4) is 0 Å². The van der Waals surface area contributed by atoms with Crippen LogP contribution in [0, 0.1) is 0 Å². The summed E-state index contributed by atoms with van der Waals surface area (Å²) in [5.74, 6) is -0.301. The molecule has 0 aliphatic rings. The SMILES string of the molecule is CNCc1cc(C(=O)OC)n(C)c1. The number of methoxy groups -OCH3 is 1. The van der Waals surface area contributed by atoms with E-state index < -0.39 is 0 Å². The molecule has 0 aliphatic heterocycles. The van der Waals surface area contributed by atoms with Crippen LogP contribution in [0.4, 0.5) is 0 Å². The van der Waals surface area contributed by atoms with Gasteiger partial charge in [0, 0.05) is 19.8 Å². The summed E-state index contributed by atoms with van der Waals surface area (Å²) in [5, 5.41) is 3.02. The monoisotopic (exact) mass is 182 g/mol. The van der Waals surface area contributed by atoms with Crippen LogP contribution in [0.15, 0.2) is 12.3 Å². The number of carbonyl (C=O) groups excluding carboxylic acids is 1. The van der Waals surface area contributed by atoms with Gasteiger partial charge in [0.15, 0.2) is 0 Å². The van der Waals surface area contributed by atoms with Crippen molar-refractivity contribution in [3.05, 3.63) is 23.5 Å². The summed E-state index contributed by atoms with van der Waals surface area (Å²) in [5.41, 5.74) is 1.65. The first kappa shape index (κ1) is 9.80. The summed E-state index contributed by atoms with van der Waals surface area (Å²) in [7, 11) is 5.07. The lowest BCUT2D eigenvalue weighted by atomic mass is 10.3. The van der Waals surface area contributed by atoms with Gasteiger partial charge < -0.3 is 14.6 Å². The van der Waals surface area contributed by atoms with Crippen LogP contribution in [0.1, 0.15) is 16.1 Å². The zero-order valence-corrected chi connectivity index (χ0v) is 8.13. The molecule has 4 heteroatoms. The fraction of sp³-hybridized carbons (Fsp3) is 0.444. The Morgan fingerprint density at radius 3 is 2.92 bits per heavy atom. The Balaban J connectivity index is 2.89. The normalized spacial score (nSPS) is 10.1. The maximum absolute atomic E-state index is 11.2. The minimum Gasteiger partial charge on any atom is -0.464 e. The zero-order chi connectivity index (χ0) is 9.84. The van der Waals surface area contributed by atoms with Gasteiger partial charge in [0.25, 0.3) is 0 Å². The Morgan fingerprint density at radius 2 is 2.38 bits per heavy atom. The number of ether oxygens (including phenoxy) is 1. The zero-order valence-electron chi connectivity index (χ0n) is 8.13. The number of nitrogens with one attached hydrogen (secondary N) is 1. The van der Waals surface area contributed by atoms with Crippen molar-refractivity contribution in [2.45, 2.75) is 6.54 Å². The number of aryl methyl sites for hydroxylation is 1. The molecule has 0 saturated heterocycles. The molecule has 1 aromatic heterocycles. The van der Waals surface area contributed by atoms with Crippen molar-refractivity contribution in [2.75, 3.05) is 14.2 Å². The number of carbonyl (C=O) groups is 1. The van der Waals surface area contributed by atoms with Gasteiger partial charge in [-0.15, -0.1) is 0 Å². The summed E-state index contributed by atoms with van der Waals surface area (Å²) in [4.78, 5) is 11.2. The molecule has 0 amide bonds. The summed E-state index contributed by atoms with van der Waals surface area (Å²) < 4.78 is 6.39. The van der Waals surface area contributed by atoms with Gasteiger partial charge in [0.2, 0.25) is 0 Å². The lowest BCUT2D eigenvalue weighted by Crippen LogP contribution is -2.06. The number of esters is 1. The molecule has 1 aromatic rings. The van der Waals surface area contributed by atoms with Gasteiger partial charge in [0.1, 0.15) is 5.69 Å². The Kier molecular flexibility index (Phi) is 3.08. The van der Waals surface area contributed by atoms with E-state index >= 15 is 0 Å². The molecule has 4 nitrogen and oxygen atoms in total. The Labute approximate surface area is 77.5 Å². The molecule has 0 fully saturated rings. The van der Waals surface area contributed by atoms with Crippen LogP contribution in [-0.2, 0) is 18.3 Å². The van der Waals surface area contributed by atoms with Crippen molar-refractivity contribution >= 4 is 5.97 Å². The molecule has 0 unspecified atom stereocenters. The molecule has 72 valence electrons. The van der Waals surface area contributed by atoms with E-state index in [1.54, 1.807) is 4.57 Å². The molecule has 0 radical (unpaired) electrons. The second-order valence-electron chi connectivity index (χ2n) is 2.87. The van der Waals surface area contributed by atoms with Crippen LogP contribution >= 0.6 is 0 Å².